The van der Waals surface area contributed by atoms with Crippen molar-refractivity contribution in [1.29, 1.82) is 0 Å². The van der Waals surface area contributed by atoms with Crippen LogP contribution in [-0.2, 0) is 19.6 Å². The van der Waals surface area contributed by atoms with Crippen LogP contribution in [0.1, 0.15) is 16.7 Å². The molecule has 4 heteroatoms. The van der Waals surface area contributed by atoms with E-state index in [0.717, 1.165) is 12.1 Å². The third kappa shape index (κ3) is 3.38. The van der Waals surface area contributed by atoms with Crippen LogP contribution in [0.4, 0.5) is 4.39 Å². The largest absolute Gasteiger partial charge is 0.326 e. The highest BCUT2D eigenvalue weighted by molar-refractivity contribution is 7.07. The number of nitrogens with zero attached hydrogens (tertiary/aromatic N) is 1. The number of benzene rings is 1. The van der Waals surface area contributed by atoms with Crippen LogP contribution < -0.4 is 5.73 Å². The Balaban J connectivity index is 2.00. The number of rotatable bonds is 5. The first-order chi connectivity index (χ1) is 8.69. The van der Waals surface area contributed by atoms with Gasteiger partial charge in [0.1, 0.15) is 5.82 Å². The van der Waals surface area contributed by atoms with Gasteiger partial charge < -0.3 is 5.73 Å². The molecule has 0 aliphatic heterocycles. The zero-order valence-electron chi connectivity index (χ0n) is 10.4. The molecular weight excluding hydrogens is 247 g/mol. The zero-order chi connectivity index (χ0) is 13.0. The average molecular weight is 264 g/mol. The summed E-state index contributed by atoms with van der Waals surface area (Å²) in [7, 11) is 1.99. The fourth-order valence-electron chi connectivity index (χ4n) is 1.89. The monoisotopic (exact) mass is 264 g/mol. The molecule has 0 aliphatic carbocycles. The Morgan fingerprint density at radius 2 is 2.06 bits per heavy atom. The van der Waals surface area contributed by atoms with Gasteiger partial charge in [0.25, 0.3) is 0 Å². The summed E-state index contributed by atoms with van der Waals surface area (Å²) in [5.74, 6) is -0.171. The second-order valence-electron chi connectivity index (χ2n) is 4.43. The van der Waals surface area contributed by atoms with E-state index in [4.69, 9.17) is 5.73 Å². The summed E-state index contributed by atoms with van der Waals surface area (Å²) in [5.41, 5.74) is 8.29. The molecule has 0 unspecified atom stereocenters. The minimum atomic E-state index is -0.171. The van der Waals surface area contributed by atoms with Gasteiger partial charge in [0, 0.05) is 25.2 Å². The van der Waals surface area contributed by atoms with Crippen LogP contribution in [-0.4, -0.2) is 11.9 Å². The van der Waals surface area contributed by atoms with E-state index in [-0.39, 0.29) is 5.82 Å². The van der Waals surface area contributed by atoms with Crippen molar-refractivity contribution >= 4 is 11.3 Å². The molecule has 0 amide bonds. The molecule has 2 aromatic rings. The van der Waals surface area contributed by atoms with E-state index in [2.05, 4.69) is 21.7 Å². The molecule has 1 heterocycles. The smallest absolute Gasteiger partial charge is 0.128 e. The number of thiophene rings is 1. The SMILES string of the molecule is CN(Cc1ccsc1)Cc1ccc(CN)cc1F. The second-order valence-corrected chi connectivity index (χ2v) is 5.21. The molecule has 18 heavy (non-hydrogen) atoms. The Labute approximate surface area is 111 Å². The summed E-state index contributed by atoms with van der Waals surface area (Å²) < 4.78 is 13.8. The number of nitrogens with two attached hydrogens (primary N) is 1. The van der Waals surface area contributed by atoms with E-state index in [1.807, 2.05) is 19.2 Å². The van der Waals surface area contributed by atoms with Crippen LogP contribution in [0.25, 0.3) is 0 Å². The van der Waals surface area contributed by atoms with E-state index >= 15 is 0 Å². The summed E-state index contributed by atoms with van der Waals surface area (Å²) in [4.78, 5) is 2.10. The predicted molar refractivity (Wildman–Crippen MR) is 73.8 cm³/mol. The van der Waals surface area contributed by atoms with E-state index in [1.165, 1.54) is 11.6 Å². The maximum absolute atomic E-state index is 13.8. The molecule has 2 rings (SSSR count). The zero-order valence-corrected chi connectivity index (χ0v) is 11.2. The third-order valence-electron chi connectivity index (χ3n) is 2.83. The topological polar surface area (TPSA) is 29.3 Å². The van der Waals surface area contributed by atoms with Crippen LogP contribution in [0.15, 0.2) is 35.0 Å². The maximum atomic E-state index is 13.8. The minimum Gasteiger partial charge on any atom is -0.326 e. The van der Waals surface area contributed by atoms with Gasteiger partial charge in [0.2, 0.25) is 0 Å². The predicted octanol–water partition coefficient (Wildman–Crippen LogP) is 2.98. The lowest BCUT2D eigenvalue weighted by Gasteiger charge is -2.16. The molecule has 0 radical (unpaired) electrons. The lowest BCUT2D eigenvalue weighted by Crippen LogP contribution is -2.17. The van der Waals surface area contributed by atoms with Gasteiger partial charge in [0.05, 0.1) is 0 Å². The molecule has 2 N–H and O–H groups in total. The molecular formula is C14H17FN2S. The first-order valence-corrected chi connectivity index (χ1v) is 6.80. The van der Waals surface area contributed by atoms with Crippen molar-refractivity contribution in [3.8, 4) is 0 Å². The van der Waals surface area contributed by atoms with Crippen molar-refractivity contribution in [3.05, 3.63) is 57.5 Å². The number of hydrogen-bond acceptors (Lipinski definition) is 3. The van der Waals surface area contributed by atoms with Crippen molar-refractivity contribution in [3.63, 3.8) is 0 Å². The Hall–Kier alpha value is -1.23. The summed E-state index contributed by atoms with van der Waals surface area (Å²) >= 11 is 1.68. The maximum Gasteiger partial charge on any atom is 0.128 e. The molecule has 0 spiro atoms. The molecule has 0 bridgehead atoms. The van der Waals surface area contributed by atoms with Crippen LogP contribution in [0, 0.1) is 5.82 Å². The molecule has 2 nitrogen and oxygen atoms in total. The third-order valence-corrected chi connectivity index (χ3v) is 3.56. The van der Waals surface area contributed by atoms with E-state index in [9.17, 15) is 4.39 Å². The van der Waals surface area contributed by atoms with Crippen LogP contribution in [0.5, 0.6) is 0 Å². The lowest BCUT2D eigenvalue weighted by atomic mass is 10.1. The molecule has 0 saturated carbocycles. The second kappa shape index (κ2) is 6.09. The van der Waals surface area contributed by atoms with Crippen molar-refractivity contribution in [2.75, 3.05) is 7.05 Å². The molecule has 0 saturated heterocycles. The summed E-state index contributed by atoms with van der Waals surface area (Å²) in [6.07, 6.45) is 0. The van der Waals surface area contributed by atoms with Gasteiger partial charge in [0.15, 0.2) is 0 Å². The van der Waals surface area contributed by atoms with Gasteiger partial charge in [-0.3, -0.25) is 4.90 Å². The molecule has 0 atom stereocenters. The van der Waals surface area contributed by atoms with Crippen LogP contribution in [0.2, 0.25) is 0 Å². The Morgan fingerprint density at radius 1 is 1.22 bits per heavy atom. The van der Waals surface area contributed by atoms with Crippen LogP contribution in [0.3, 0.4) is 0 Å². The molecule has 0 aliphatic rings. The van der Waals surface area contributed by atoms with E-state index in [0.29, 0.717) is 18.7 Å². The van der Waals surface area contributed by atoms with Crippen molar-refractivity contribution in [2.24, 2.45) is 5.73 Å². The van der Waals surface area contributed by atoms with Gasteiger partial charge in [-0.05, 0) is 41.1 Å². The summed E-state index contributed by atoms with van der Waals surface area (Å²) in [6, 6.07) is 7.32. The average Bonchev–Trinajstić information content (AvgIpc) is 2.84. The quantitative estimate of drug-likeness (QED) is 0.899. The van der Waals surface area contributed by atoms with Crippen LogP contribution >= 0.6 is 11.3 Å². The Morgan fingerprint density at radius 3 is 2.67 bits per heavy atom. The first-order valence-electron chi connectivity index (χ1n) is 5.86. The van der Waals surface area contributed by atoms with Gasteiger partial charge in [-0.15, -0.1) is 0 Å². The fraction of sp³-hybridized carbons (Fsp3) is 0.286. The van der Waals surface area contributed by atoms with E-state index in [1.54, 1.807) is 11.3 Å². The minimum absolute atomic E-state index is 0.171. The normalized spacial score (nSPS) is 11.1. The van der Waals surface area contributed by atoms with Gasteiger partial charge in [-0.1, -0.05) is 12.1 Å². The highest BCUT2D eigenvalue weighted by Crippen LogP contribution is 2.14. The summed E-state index contributed by atoms with van der Waals surface area (Å²) in [6.45, 7) is 1.82. The Kier molecular flexibility index (Phi) is 4.47. The van der Waals surface area contributed by atoms with Crippen molar-refractivity contribution in [1.82, 2.24) is 4.90 Å². The number of hydrogen-bond donors (Lipinski definition) is 1. The molecule has 0 fully saturated rings. The number of halogens is 1. The van der Waals surface area contributed by atoms with Gasteiger partial charge >= 0.3 is 0 Å². The standard InChI is InChI=1S/C14H17FN2S/c1-17(8-12-4-5-18-10-12)9-13-3-2-11(7-16)6-14(13)15/h2-6,10H,7-9,16H2,1H3. The van der Waals surface area contributed by atoms with Gasteiger partial charge in [-0.2, -0.15) is 11.3 Å². The first kappa shape index (κ1) is 13.2. The fourth-order valence-corrected chi connectivity index (χ4v) is 2.55. The molecule has 1 aromatic heterocycles. The molecule has 1 aromatic carbocycles. The van der Waals surface area contributed by atoms with Gasteiger partial charge in [-0.25, -0.2) is 4.39 Å². The summed E-state index contributed by atoms with van der Waals surface area (Å²) in [5, 5.41) is 4.17. The van der Waals surface area contributed by atoms with Crippen molar-refractivity contribution < 1.29 is 4.39 Å². The lowest BCUT2D eigenvalue weighted by molar-refractivity contribution is 0.314. The van der Waals surface area contributed by atoms with E-state index < -0.39 is 0 Å². The highest BCUT2D eigenvalue weighted by atomic mass is 32.1. The highest BCUT2D eigenvalue weighted by Gasteiger charge is 2.07. The van der Waals surface area contributed by atoms with Crippen molar-refractivity contribution in [2.45, 2.75) is 19.6 Å². The molecule has 96 valence electrons. The Bertz CT molecular complexity index is 497.